The number of hydrogen-bond acceptors (Lipinski definition) is 6. The van der Waals surface area contributed by atoms with Crippen LogP contribution in [0.15, 0.2) is 119 Å². The summed E-state index contributed by atoms with van der Waals surface area (Å²) in [5.74, 6) is 3.09. The second kappa shape index (κ2) is 14.4. The van der Waals surface area contributed by atoms with Crippen LogP contribution in [0.1, 0.15) is 16.7 Å². The van der Waals surface area contributed by atoms with Crippen LogP contribution in [-0.4, -0.2) is 24.6 Å². The summed E-state index contributed by atoms with van der Waals surface area (Å²) in [6.07, 6.45) is 1.66. The molecule has 0 aromatic heterocycles. The van der Waals surface area contributed by atoms with Gasteiger partial charge in [0.05, 0.1) is 6.21 Å². The SMILES string of the molecule is NC(=NN=Cc1ccc(OCCOc2ccc(OCc3ccccc3)cc2)cc1)SCc1ccccc1. The van der Waals surface area contributed by atoms with Crippen molar-refractivity contribution in [1.29, 1.82) is 0 Å². The molecule has 0 radical (unpaired) electrons. The Morgan fingerprint density at radius 1 is 0.649 bits per heavy atom. The van der Waals surface area contributed by atoms with E-state index in [1.54, 1.807) is 6.21 Å². The van der Waals surface area contributed by atoms with E-state index in [-0.39, 0.29) is 0 Å². The predicted molar refractivity (Wildman–Crippen MR) is 152 cm³/mol. The van der Waals surface area contributed by atoms with Gasteiger partial charge >= 0.3 is 0 Å². The Morgan fingerprint density at radius 2 is 1.16 bits per heavy atom. The summed E-state index contributed by atoms with van der Waals surface area (Å²) in [7, 11) is 0. The molecule has 0 saturated carbocycles. The zero-order valence-electron chi connectivity index (χ0n) is 20.4. The van der Waals surface area contributed by atoms with Crippen molar-refractivity contribution in [3.05, 3.63) is 126 Å². The lowest BCUT2D eigenvalue weighted by atomic mass is 10.2. The Bertz CT molecular complexity index is 1260. The summed E-state index contributed by atoms with van der Waals surface area (Å²) in [6.45, 7) is 1.40. The van der Waals surface area contributed by atoms with Gasteiger partial charge in [-0.1, -0.05) is 72.4 Å². The normalized spacial score (nSPS) is 11.4. The summed E-state index contributed by atoms with van der Waals surface area (Å²) in [4.78, 5) is 0. The van der Waals surface area contributed by atoms with Gasteiger partial charge in [-0.25, -0.2) is 0 Å². The van der Waals surface area contributed by atoms with E-state index in [1.165, 1.54) is 17.3 Å². The summed E-state index contributed by atoms with van der Waals surface area (Å²) >= 11 is 1.45. The molecule has 0 saturated heterocycles. The van der Waals surface area contributed by atoms with Crippen LogP contribution >= 0.6 is 11.8 Å². The maximum absolute atomic E-state index is 5.92. The zero-order valence-corrected chi connectivity index (χ0v) is 21.2. The Hall–Kier alpha value is -4.23. The molecule has 4 rings (SSSR count). The monoisotopic (exact) mass is 511 g/mol. The van der Waals surface area contributed by atoms with Crippen LogP contribution in [-0.2, 0) is 12.4 Å². The summed E-state index contributed by atoms with van der Waals surface area (Å²) in [5.41, 5.74) is 9.15. The minimum atomic E-state index is 0.425. The second-order valence-corrected chi connectivity index (χ2v) is 8.96. The van der Waals surface area contributed by atoms with E-state index in [2.05, 4.69) is 22.3 Å². The lowest BCUT2D eigenvalue weighted by Gasteiger charge is -2.10. The molecular formula is C30H29N3O3S. The van der Waals surface area contributed by atoms with Crippen molar-refractivity contribution < 1.29 is 14.2 Å². The summed E-state index contributed by atoms with van der Waals surface area (Å²) in [6, 6.07) is 35.4. The van der Waals surface area contributed by atoms with E-state index in [0.717, 1.165) is 34.1 Å². The highest BCUT2D eigenvalue weighted by molar-refractivity contribution is 8.13. The quantitative estimate of drug-likeness (QED) is 0.104. The molecule has 0 aliphatic heterocycles. The molecule has 0 fully saturated rings. The number of amidine groups is 1. The van der Waals surface area contributed by atoms with Crippen LogP contribution in [0.2, 0.25) is 0 Å². The Morgan fingerprint density at radius 3 is 1.76 bits per heavy atom. The summed E-state index contributed by atoms with van der Waals surface area (Å²) < 4.78 is 17.3. The Labute approximate surface area is 221 Å². The third kappa shape index (κ3) is 9.39. The zero-order chi connectivity index (χ0) is 25.5. The first-order chi connectivity index (χ1) is 18.2. The lowest BCUT2D eigenvalue weighted by Crippen LogP contribution is -2.09. The molecule has 0 aliphatic rings. The summed E-state index contributed by atoms with van der Waals surface area (Å²) in [5, 5.41) is 8.55. The van der Waals surface area contributed by atoms with Crippen molar-refractivity contribution in [3.63, 3.8) is 0 Å². The minimum absolute atomic E-state index is 0.425. The van der Waals surface area contributed by atoms with Gasteiger partial charge < -0.3 is 19.9 Å². The van der Waals surface area contributed by atoms with Crippen LogP contribution in [0.3, 0.4) is 0 Å². The van der Waals surface area contributed by atoms with E-state index >= 15 is 0 Å². The van der Waals surface area contributed by atoms with E-state index in [4.69, 9.17) is 19.9 Å². The highest BCUT2D eigenvalue weighted by Crippen LogP contribution is 2.19. The van der Waals surface area contributed by atoms with Crippen LogP contribution in [0.25, 0.3) is 0 Å². The first-order valence-corrected chi connectivity index (χ1v) is 12.9. The topological polar surface area (TPSA) is 78.4 Å². The number of thioether (sulfide) groups is 1. The van der Waals surface area contributed by atoms with Gasteiger partial charge in [-0.15, -0.1) is 5.10 Å². The van der Waals surface area contributed by atoms with Crippen molar-refractivity contribution in [1.82, 2.24) is 0 Å². The molecule has 0 bridgehead atoms. The molecule has 4 aromatic rings. The standard InChI is InChI=1S/C30H29N3O3S/c31-30(37-23-26-9-5-2-6-10-26)33-32-21-24-11-13-27(14-12-24)34-19-20-35-28-15-17-29(18-16-28)36-22-25-7-3-1-4-8-25/h1-18,21H,19-20,22-23H2,(H2,31,33). The Balaban J connectivity index is 1.13. The molecule has 2 N–H and O–H groups in total. The van der Waals surface area contributed by atoms with Gasteiger partial charge in [0, 0.05) is 5.75 Å². The molecule has 7 heteroatoms. The molecule has 0 unspecified atom stereocenters. The fourth-order valence-corrected chi connectivity index (χ4v) is 3.87. The van der Waals surface area contributed by atoms with Gasteiger partial charge in [-0.05, 0) is 65.2 Å². The third-order valence-corrected chi connectivity index (χ3v) is 6.02. The first kappa shape index (κ1) is 25.9. The minimum Gasteiger partial charge on any atom is -0.490 e. The number of nitrogens with two attached hydrogens (primary N) is 1. The van der Waals surface area contributed by atoms with Crippen molar-refractivity contribution in [3.8, 4) is 17.2 Å². The molecule has 0 spiro atoms. The smallest absolute Gasteiger partial charge is 0.180 e. The molecule has 37 heavy (non-hydrogen) atoms. The van der Waals surface area contributed by atoms with Gasteiger partial charge in [0.25, 0.3) is 0 Å². The fraction of sp³-hybridized carbons (Fsp3) is 0.133. The number of hydrogen-bond donors (Lipinski definition) is 1. The molecule has 188 valence electrons. The molecule has 0 aliphatic carbocycles. The average Bonchev–Trinajstić information content (AvgIpc) is 2.96. The lowest BCUT2D eigenvalue weighted by molar-refractivity contribution is 0.217. The van der Waals surface area contributed by atoms with Gasteiger partial charge in [0.2, 0.25) is 0 Å². The van der Waals surface area contributed by atoms with Crippen LogP contribution in [0.5, 0.6) is 17.2 Å². The van der Waals surface area contributed by atoms with Crippen molar-refractivity contribution in [2.45, 2.75) is 12.4 Å². The van der Waals surface area contributed by atoms with E-state index in [9.17, 15) is 0 Å². The molecular weight excluding hydrogens is 482 g/mol. The molecule has 0 atom stereocenters. The average molecular weight is 512 g/mol. The van der Waals surface area contributed by atoms with Crippen LogP contribution in [0.4, 0.5) is 0 Å². The second-order valence-electron chi connectivity index (χ2n) is 7.97. The molecule has 0 heterocycles. The van der Waals surface area contributed by atoms with Crippen molar-refractivity contribution in [2.24, 2.45) is 15.9 Å². The molecule has 4 aromatic carbocycles. The van der Waals surface area contributed by atoms with Gasteiger partial charge in [0.15, 0.2) is 5.17 Å². The van der Waals surface area contributed by atoms with Gasteiger partial charge in [0.1, 0.15) is 37.1 Å². The van der Waals surface area contributed by atoms with Gasteiger partial charge in [-0.2, -0.15) is 5.10 Å². The van der Waals surface area contributed by atoms with Gasteiger partial charge in [-0.3, -0.25) is 0 Å². The third-order valence-electron chi connectivity index (χ3n) is 5.17. The van der Waals surface area contributed by atoms with Crippen molar-refractivity contribution >= 4 is 23.1 Å². The number of ether oxygens (including phenoxy) is 3. The fourth-order valence-electron chi connectivity index (χ4n) is 3.25. The van der Waals surface area contributed by atoms with Crippen LogP contribution in [0, 0.1) is 0 Å². The first-order valence-electron chi connectivity index (χ1n) is 11.9. The maximum Gasteiger partial charge on any atom is 0.180 e. The Kier molecular flexibility index (Phi) is 10.0. The number of benzene rings is 4. The number of rotatable bonds is 12. The maximum atomic E-state index is 5.92. The van der Waals surface area contributed by atoms with Crippen LogP contribution < -0.4 is 19.9 Å². The largest absolute Gasteiger partial charge is 0.490 e. The molecule has 0 amide bonds. The highest BCUT2D eigenvalue weighted by atomic mass is 32.2. The van der Waals surface area contributed by atoms with E-state index in [1.807, 2.05) is 97.1 Å². The molecule has 6 nitrogen and oxygen atoms in total. The highest BCUT2D eigenvalue weighted by Gasteiger charge is 2.00. The predicted octanol–water partition coefficient (Wildman–Crippen LogP) is 6.31. The van der Waals surface area contributed by atoms with E-state index in [0.29, 0.717) is 25.0 Å². The van der Waals surface area contributed by atoms with E-state index < -0.39 is 0 Å². The number of nitrogens with zero attached hydrogens (tertiary/aromatic N) is 2. The van der Waals surface area contributed by atoms with Crippen molar-refractivity contribution in [2.75, 3.05) is 13.2 Å².